The highest BCUT2D eigenvalue weighted by molar-refractivity contribution is 6.55. The Morgan fingerprint density at radius 1 is 1.06 bits per heavy atom. The lowest BCUT2D eigenvalue weighted by Crippen LogP contribution is -2.39. The molecular formula is C11H11BF2NO2-. The van der Waals surface area contributed by atoms with Crippen LogP contribution in [-0.4, -0.2) is 13.0 Å². The van der Waals surface area contributed by atoms with Gasteiger partial charge in [-0.3, -0.25) is 0 Å². The molecule has 1 aliphatic rings. The second-order valence-corrected chi connectivity index (χ2v) is 3.70. The van der Waals surface area contributed by atoms with Crippen LogP contribution in [0.5, 0.6) is 0 Å². The summed E-state index contributed by atoms with van der Waals surface area (Å²) in [7, 11) is -4.31. The molecule has 0 saturated heterocycles. The molecule has 0 unspecified atom stereocenters. The third-order valence-corrected chi connectivity index (χ3v) is 2.40. The van der Waals surface area contributed by atoms with Crippen molar-refractivity contribution in [3.63, 3.8) is 0 Å². The van der Waals surface area contributed by atoms with Gasteiger partial charge in [-0.25, -0.2) is 4.99 Å². The monoisotopic (exact) mass is 238 g/mol. The highest BCUT2D eigenvalue weighted by Crippen LogP contribution is 2.27. The summed E-state index contributed by atoms with van der Waals surface area (Å²) in [6, 6.07) is 8.78. The van der Waals surface area contributed by atoms with Crippen LogP contribution in [0.15, 0.2) is 46.7 Å². The van der Waals surface area contributed by atoms with Gasteiger partial charge in [-0.1, -0.05) is 18.2 Å². The van der Waals surface area contributed by atoms with Gasteiger partial charge >= 0.3 is 7.11 Å². The van der Waals surface area contributed by atoms with E-state index in [0.717, 1.165) is 0 Å². The molecule has 1 heterocycles. The molecule has 3 nitrogen and oxygen atoms in total. The first-order valence-electron chi connectivity index (χ1n) is 5.17. The van der Waals surface area contributed by atoms with Crippen molar-refractivity contribution in [2.24, 2.45) is 4.99 Å². The van der Waals surface area contributed by atoms with Gasteiger partial charge < -0.3 is 17.9 Å². The molecule has 6 heteroatoms. The SMILES string of the molecule is CC1=C(C)C(=Nc2ccccc2)O[B-](F)(F)O1. The summed E-state index contributed by atoms with van der Waals surface area (Å²) >= 11 is 0. The van der Waals surface area contributed by atoms with E-state index in [0.29, 0.717) is 11.3 Å². The number of nitrogens with zero attached hydrogens (tertiary/aromatic N) is 1. The van der Waals surface area contributed by atoms with E-state index >= 15 is 0 Å². The molecule has 0 bridgehead atoms. The average Bonchev–Trinajstić information content (AvgIpc) is 2.26. The number of rotatable bonds is 1. The lowest BCUT2D eigenvalue weighted by molar-refractivity contribution is 0.176. The first kappa shape index (κ1) is 11.6. The molecule has 0 atom stereocenters. The maximum Gasteiger partial charge on any atom is 0.726 e. The van der Waals surface area contributed by atoms with Crippen LogP contribution in [0.3, 0.4) is 0 Å². The van der Waals surface area contributed by atoms with Crippen molar-refractivity contribution in [3.8, 4) is 0 Å². The fraction of sp³-hybridized carbons (Fsp3) is 0.182. The number of allylic oxidation sites excluding steroid dienone is 1. The molecular weight excluding hydrogens is 227 g/mol. The van der Waals surface area contributed by atoms with Crippen LogP contribution >= 0.6 is 0 Å². The summed E-state index contributed by atoms with van der Waals surface area (Å²) in [5, 5.41) is 0. The molecule has 0 saturated carbocycles. The second-order valence-electron chi connectivity index (χ2n) is 3.70. The van der Waals surface area contributed by atoms with E-state index in [-0.39, 0.29) is 11.7 Å². The van der Waals surface area contributed by atoms with E-state index in [2.05, 4.69) is 14.3 Å². The molecule has 0 amide bonds. The van der Waals surface area contributed by atoms with Crippen LogP contribution in [-0.2, 0) is 9.31 Å². The molecule has 0 spiro atoms. The van der Waals surface area contributed by atoms with Gasteiger partial charge in [0.15, 0.2) is 5.90 Å². The van der Waals surface area contributed by atoms with Gasteiger partial charge in [0.1, 0.15) is 0 Å². The minimum Gasteiger partial charge on any atom is -0.630 e. The Morgan fingerprint density at radius 2 is 1.71 bits per heavy atom. The fourth-order valence-corrected chi connectivity index (χ4v) is 1.42. The minimum absolute atomic E-state index is 0.0926. The summed E-state index contributed by atoms with van der Waals surface area (Å²) in [5.74, 6) is 0.0425. The van der Waals surface area contributed by atoms with Gasteiger partial charge in [0.05, 0.1) is 11.4 Å². The van der Waals surface area contributed by atoms with Gasteiger partial charge in [0, 0.05) is 5.57 Å². The third kappa shape index (κ3) is 2.64. The summed E-state index contributed by atoms with van der Waals surface area (Å²) < 4.78 is 35.0. The molecule has 0 radical (unpaired) electrons. The second kappa shape index (κ2) is 4.20. The Hall–Kier alpha value is -1.85. The maximum absolute atomic E-state index is 13.1. The van der Waals surface area contributed by atoms with Crippen LogP contribution in [0.4, 0.5) is 14.3 Å². The predicted molar refractivity (Wildman–Crippen MR) is 62.1 cm³/mol. The lowest BCUT2D eigenvalue weighted by atomic mass is 10.1. The molecule has 0 N–H and O–H groups in total. The first-order chi connectivity index (χ1) is 7.98. The van der Waals surface area contributed by atoms with Gasteiger partial charge in [-0.15, -0.1) is 0 Å². The standard InChI is InChI=1S/C11H11BF2NO2/c1-8-9(2)16-12(13,14)17-11(8)15-10-6-4-3-5-7-10/h3-7H,1-2H3/q-1. The summed E-state index contributed by atoms with van der Waals surface area (Å²) in [4.78, 5) is 4.04. The molecule has 1 aromatic carbocycles. The van der Waals surface area contributed by atoms with Crippen LogP contribution in [0, 0.1) is 0 Å². The smallest absolute Gasteiger partial charge is 0.630 e. The van der Waals surface area contributed by atoms with E-state index in [1.807, 2.05) is 6.07 Å². The minimum atomic E-state index is -4.31. The van der Waals surface area contributed by atoms with Crippen molar-refractivity contribution in [2.75, 3.05) is 0 Å². The highest BCUT2D eigenvalue weighted by Gasteiger charge is 2.39. The molecule has 17 heavy (non-hydrogen) atoms. The summed E-state index contributed by atoms with van der Waals surface area (Å²) in [6.45, 7) is 3.09. The quantitative estimate of drug-likeness (QED) is 0.701. The van der Waals surface area contributed by atoms with Gasteiger partial charge in [0.25, 0.3) is 0 Å². The Balaban J connectivity index is 2.38. The zero-order valence-corrected chi connectivity index (χ0v) is 9.48. The molecule has 0 fully saturated rings. The van der Waals surface area contributed by atoms with Crippen LogP contribution in [0.1, 0.15) is 13.8 Å². The Kier molecular flexibility index (Phi) is 2.87. The van der Waals surface area contributed by atoms with Gasteiger partial charge in [-0.2, -0.15) is 0 Å². The number of halogens is 2. The summed E-state index contributed by atoms with van der Waals surface area (Å²) in [6.07, 6.45) is 0. The number of benzene rings is 1. The average molecular weight is 238 g/mol. The van der Waals surface area contributed by atoms with Gasteiger partial charge in [-0.05, 0) is 26.0 Å². The molecule has 0 aromatic heterocycles. The molecule has 1 aliphatic heterocycles. The Labute approximate surface area is 97.8 Å². The van der Waals surface area contributed by atoms with E-state index in [1.54, 1.807) is 31.2 Å². The first-order valence-corrected chi connectivity index (χ1v) is 5.17. The normalized spacial score (nSPS) is 21.1. The maximum atomic E-state index is 13.1. The largest absolute Gasteiger partial charge is 0.726 e. The number of hydrogen-bond acceptors (Lipinski definition) is 3. The molecule has 2 rings (SSSR count). The third-order valence-electron chi connectivity index (χ3n) is 2.40. The van der Waals surface area contributed by atoms with Crippen LogP contribution in [0.2, 0.25) is 0 Å². The fourth-order valence-electron chi connectivity index (χ4n) is 1.42. The van der Waals surface area contributed by atoms with Crippen molar-refractivity contribution < 1.29 is 17.9 Å². The van der Waals surface area contributed by atoms with Crippen LogP contribution in [0.25, 0.3) is 0 Å². The van der Waals surface area contributed by atoms with E-state index in [4.69, 9.17) is 0 Å². The van der Waals surface area contributed by atoms with Crippen LogP contribution < -0.4 is 0 Å². The van der Waals surface area contributed by atoms with Gasteiger partial charge in [0.2, 0.25) is 0 Å². The van der Waals surface area contributed by atoms with Crippen molar-refractivity contribution in [1.29, 1.82) is 0 Å². The van der Waals surface area contributed by atoms with Crippen molar-refractivity contribution >= 4 is 18.7 Å². The van der Waals surface area contributed by atoms with Crippen molar-refractivity contribution in [2.45, 2.75) is 13.8 Å². The predicted octanol–water partition coefficient (Wildman–Crippen LogP) is 3.43. The Morgan fingerprint density at radius 3 is 2.35 bits per heavy atom. The topological polar surface area (TPSA) is 30.8 Å². The number of hydrogen-bond donors (Lipinski definition) is 0. The lowest BCUT2D eigenvalue weighted by Gasteiger charge is -2.34. The zero-order chi connectivity index (χ0) is 12.5. The summed E-state index contributed by atoms with van der Waals surface area (Å²) in [5.41, 5.74) is 1.03. The zero-order valence-electron chi connectivity index (χ0n) is 9.48. The molecule has 90 valence electrons. The van der Waals surface area contributed by atoms with Crippen molar-refractivity contribution in [1.82, 2.24) is 0 Å². The number of para-hydroxylation sites is 1. The van der Waals surface area contributed by atoms with E-state index in [1.165, 1.54) is 6.92 Å². The van der Waals surface area contributed by atoms with Crippen molar-refractivity contribution in [3.05, 3.63) is 41.7 Å². The molecule has 0 aliphatic carbocycles. The number of aliphatic imine (C=N–C) groups is 1. The van der Waals surface area contributed by atoms with E-state index < -0.39 is 7.11 Å². The van der Waals surface area contributed by atoms with E-state index in [9.17, 15) is 8.63 Å². The Bertz CT molecular complexity index is 486. The molecule has 1 aromatic rings. The highest BCUT2D eigenvalue weighted by atomic mass is 19.3.